The first-order valence-corrected chi connectivity index (χ1v) is 10.2. The van der Waals surface area contributed by atoms with Crippen molar-refractivity contribution in [2.24, 2.45) is 17.6 Å². The fraction of sp³-hybridized carbons (Fsp3) is 0.455. The summed E-state index contributed by atoms with van der Waals surface area (Å²) in [5.74, 6) is -10.2. The average molecular weight is 460 g/mol. The summed E-state index contributed by atoms with van der Waals surface area (Å²) in [7, 11) is 2.87. The lowest BCUT2D eigenvalue weighted by molar-refractivity contribution is -0.201. The van der Waals surface area contributed by atoms with Crippen LogP contribution in [0.1, 0.15) is 29.3 Å². The van der Waals surface area contributed by atoms with Gasteiger partial charge < -0.3 is 31.3 Å². The van der Waals surface area contributed by atoms with Crippen LogP contribution in [0.25, 0.3) is 0 Å². The highest BCUT2D eigenvalue weighted by Crippen LogP contribution is 2.57. The molecule has 1 aromatic rings. The maximum atomic E-state index is 13.7. The highest BCUT2D eigenvalue weighted by Gasteiger charge is 2.74. The topological polar surface area (TPSA) is 199 Å². The zero-order valence-corrected chi connectivity index (χ0v) is 18.1. The molecule has 1 aromatic carbocycles. The number of aromatic hydroxyl groups is 1. The van der Waals surface area contributed by atoms with Crippen molar-refractivity contribution in [2.75, 3.05) is 14.1 Å². The molecule has 4 rings (SSSR count). The Balaban J connectivity index is 2.05. The van der Waals surface area contributed by atoms with Gasteiger partial charge in [-0.3, -0.25) is 24.1 Å². The molecule has 1 fully saturated rings. The molecule has 0 aliphatic heterocycles. The number of rotatable bonds is 2. The maximum absolute atomic E-state index is 13.7. The van der Waals surface area contributed by atoms with Crippen molar-refractivity contribution in [2.45, 2.75) is 36.2 Å². The molecule has 0 saturated heterocycles. The molecule has 0 heterocycles. The number of fused-ring (bicyclic) bond motifs is 3. The lowest BCUT2D eigenvalue weighted by atomic mass is 9.49. The molecule has 33 heavy (non-hydrogen) atoms. The summed E-state index contributed by atoms with van der Waals surface area (Å²) < 4.78 is 0. The quantitative estimate of drug-likeness (QED) is 0.218. The second kappa shape index (κ2) is 6.70. The van der Waals surface area contributed by atoms with Gasteiger partial charge in [-0.25, -0.2) is 0 Å². The second-order valence-electron chi connectivity index (χ2n) is 9.29. The van der Waals surface area contributed by atoms with Crippen LogP contribution in [-0.2, 0) is 20.0 Å². The number of phenolic OH excluding ortho intramolecular Hbond substituents is 1. The molecule has 7 N–H and O–H groups in total. The lowest BCUT2D eigenvalue weighted by Crippen LogP contribution is -2.76. The number of primary amides is 1. The predicted molar refractivity (Wildman–Crippen MR) is 110 cm³/mol. The molecular formula is C22H24N2O9. The molecule has 11 nitrogen and oxygen atoms in total. The zero-order valence-electron chi connectivity index (χ0n) is 18.1. The van der Waals surface area contributed by atoms with Gasteiger partial charge >= 0.3 is 0 Å². The van der Waals surface area contributed by atoms with E-state index in [0.717, 1.165) is 6.07 Å². The highest BCUT2D eigenvalue weighted by molar-refractivity contribution is 6.27. The zero-order chi connectivity index (χ0) is 24.8. The average Bonchev–Trinajstić information content (AvgIpc) is 2.71. The number of benzene rings is 1. The van der Waals surface area contributed by atoms with Crippen LogP contribution in [-0.4, -0.2) is 85.0 Å². The lowest BCUT2D eigenvalue weighted by Gasteiger charge is -2.57. The van der Waals surface area contributed by atoms with Gasteiger partial charge in [0, 0.05) is 11.8 Å². The van der Waals surface area contributed by atoms with Crippen molar-refractivity contribution < 1.29 is 44.7 Å². The third-order valence-corrected chi connectivity index (χ3v) is 7.36. The van der Waals surface area contributed by atoms with E-state index in [9.17, 15) is 44.7 Å². The van der Waals surface area contributed by atoms with Crippen LogP contribution < -0.4 is 5.73 Å². The number of carbonyl (C=O) groups excluding carboxylic acids is 4. The van der Waals surface area contributed by atoms with Crippen LogP contribution in [0.15, 0.2) is 29.5 Å². The van der Waals surface area contributed by atoms with Gasteiger partial charge in [0.05, 0.1) is 17.2 Å². The number of hydrogen-bond donors (Lipinski definition) is 6. The Bertz CT molecular complexity index is 1170. The molecule has 0 aromatic heterocycles. The van der Waals surface area contributed by atoms with Gasteiger partial charge in [0.25, 0.3) is 5.91 Å². The third-order valence-electron chi connectivity index (χ3n) is 7.36. The second-order valence-corrected chi connectivity index (χ2v) is 9.29. The van der Waals surface area contributed by atoms with Crippen molar-refractivity contribution in [3.8, 4) is 5.75 Å². The number of aliphatic hydroxyl groups is 4. The third kappa shape index (κ3) is 2.53. The molecule has 11 heteroatoms. The van der Waals surface area contributed by atoms with Gasteiger partial charge in [-0.05, 0) is 39.1 Å². The Morgan fingerprint density at radius 2 is 1.70 bits per heavy atom. The molecule has 176 valence electrons. The standard InChI is InChI=1S/C22H24N2O9/c1-20(31)8-5-4-6-10(25)12(8)16(27)22(33)11(20)7-9-14(24(2)3)15(26)13(18(23)29)17(28)21(9,32)19(22)30/h4-6,9,11,14,25,28,31-33H,7H2,1-3H3,(H2,23,29)/t9-,11+,14-,20+,21+,22?/m0/s1. The molecule has 1 amide bonds. The van der Waals surface area contributed by atoms with Crippen molar-refractivity contribution in [1.29, 1.82) is 0 Å². The Morgan fingerprint density at radius 3 is 2.24 bits per heavy atom. The molecule has 1 saturated carbocycles. The van der Waals surface area contributed by atoms with E-state index >= 15 is 0 Å². The van der Waals surface area contributed by atoms with E-state index in [2.05, 4.69) is 0 Å². The van der Waals surface area contributed by atoms with Crippen LogP contribution in [0, 0.1) is 11.8 Å². The normalized spacial score (nSPS) is 38.2. The number of hydrogen-bond acceptors (Lipinski definition) is 10. The van der Waals surface area contributed by atoms with E-state index in [-0.39, 0.29) is 5.56 Å². The summed E-state index contributed by atoms with van der Waals surface area (Å²) in [6.07, 6.45) is -0.475. The number of ketones is 3. The molecule has 3 aliphatic rings. The Labute approximate surface area is 187 Å². The number of phenols is 1. The van der Waals surface area contributed by atoms with Crippen LogP contribution in [0.5, 0.6) is 5.75 Å². The number of Topliss-reactive ketones (excluding diaryl/α,β-unsaturated/α-hetero) is 3. The van der Waals surface area contributed by atoms with Gasteiger partial charge in [0.15, 0.2) is 17.0 Å². The Morgan fingerprint density at radius 1 is 1.09 bits per heavy atom. The van der Waals surface area contributed by atoms with Crippen molar-refractivity contribution in [1.82, 2.24) is 4.90 Å². The van der Waals surface area contributed by atoms with Crippen LogP contribution >= 0.6 is 0 Å². The van der Waals surface area contributed by atoms with Gasteiger partial charge in [0.1, 0.15) is 17.1 Å². The molecule has 1 unspecified atom stereocenters. The number of carbonyl (C=O) groups is 4. The fourth-order valence-corrected chi connectivity index (χ4v) is 5.80. The van der Waals surface area contributed by atoms with Gasteiger partial charge in [0.2, 0.25) is 11.6 Å². The summed E-state index contributed by atoms with van der Waals surface area (Å²) in [6.45, 7) is 1.24. The van der Waals surface area contributed by atoms with Gasteiger partial charge in [-0.1, -0.05) is 12.1 Å². The molecule has 0 spiro atoms. The van der Waals surface area contributed by atoms with Gasteiger partial charge in [-0.15, -0.1) is 0 Å². The monoisotopic (exact) mass is 460 g/mol. The van der Waals surface area contributed by atoms with E-state index in [4.69, 9.17) is 5.73 Å². The number of likely N-dealkylation sites (N-methyl/N-ethyl adjacent to an activating group) is 1. The van der Waals surface area contributed by atoms with Crippen LogP contribution in [0.4, 0.5) is 0 Å². The van der Waals surface area contributed by atoms with Crippen molar-refractivity contribution >= 4 is 23.3 Å². The van der Waals surface area contributed by atoms with Crippen molar-refractivity contribution in [3.05, 3.63) is 40.7 Å². The van der Waals surface area contributed by atoms with Crippen LogP contribution in [0.3, 0.4) is 0 Å². The van der Waals surface area contributed by atoms with Crippen molar-refractivity contribution in [3.63, 3.8) is 0 Å². The van der Waals surface area contributed by atoms with Crippen LogP contribution in [0.2, 0.25) is 0 Å². The summed E-state index contributed by atoms with van der Waals surface area (Å²) >= 11 is 0. The smallest absolute Gasteiger partial charge is 0.255 e. The number of amides is 1. The largest absolute Gasteiger partial charge is 0.508 e. The predicted octanol–water partition coefficient (Wildman–Crippen LogP) is -1.73. The highest BCUT2D eigenvalue weighted by atomic mass is 16.4. The molecule has 0 bridgehead atoms. The van der Waals surface area contributed by atoms with E-state index in [1.165, 1.54) is 38.1 Å². The summed E-state index contributed by atoms with van der Waals surface area (Å²) in [4.78, 5) is 53.4. The minimum absolute atomic E-state index is 0.0402. The molecule has 3 aliphatic carbocycles. The molecular weight excluding hydrogens is 436 g/mol. The Hall–Kier alpha value is -3.12. The van der Waals surface area contributed by atoms with E-state index in [1.54, 1.807) is 0 Å². The summed E-state index contributed by atoms with van der Waals surface area (Å²) in [6, 6.07) is 2.52. The first-order valence-electron chi connectivity index (χ1n) is 10.2. The summed E-state index contributed by atoms with van der Waals surface area (Å²) in [5.41, 5.74) is -4.51. The minimum atomic E-state index is -3.09. The number of nitrogens with zero attached hydrogens (tertiary/aromatic N) is 1. The fourth-order valence-electron chi connectivity index (χ4n) is 5.80. The first kappa shape index (κ1) is 23.1. The molecule has 6 atom stereocenters. The first-order chi connectivity index (χ1) is 15.1. The van der Waals surface area contributed by atoms with E-state index in [0.29, 0.717) is 0 Å². The maximum Gasteiger partial charge on any atom is 0.255 e. The van der Waals surface area contributed by atoms with E-state index < -0.39 is 87.0 Å². The molecule has 0 radical (unpaired) electrons. The van der Waals surface area contributed by atoms with Gasteiger partial charge in [-0.2, -0.15) is 0 Å². The Kier molecular flexibility index (Phi) is 4.68. The number of nitrogens with two attached hydrogens (primary N) is 1. The SMILES string of the molecule is CN(C)[C@@H]1C(=O)C(C(N)=O)=C(O)[C@@]2(O)C(=O)C3(O)C(=O)c4c(O)cccc4[C@@](C)(O)[C@H]3C[C@@H]12. The van der Waals surface area contributed by atoms with E-state index in [1.807, 2.05) is 0 Å². The minimum Gasteiger partial charge on any atom is -0.508 e. The number of aliphatic hydroxyl groups excluding tert-OH is 1. The summed E-state index contributed by atoms with van der Waals surface area (Å²) in [5, 5.41) is 55.4.